The Kier molecular flexibility index (Phi) is 2.66. The number of hydrogen-bond donors (Lipinski definition) is 0. The van der Waals surface area contributed by atoms with Crippen LogP contribution in [0.4, 0.5) is 4.39 Å². The van der Waals surface area contributed by atoms with Crippen LogP contribution in [0.3, 0.4) is 0 Å². The molecular weight excluding hydrogens is 131 g/mol. The zero-order valence-electron chi connectivity index (χ0n) is 6.64. The van der Waals surface area contributed by atoms with E-state index in [1.807, 2.05) is 0 Å². The van der Waals surface area contributed by atoms with Gasteiger partial charge in [0.2, 0.25) is 0 Å². The minimum Gasteiger partial charge on any atom is -0.375 e. The summed E-state index contributed by atoms with van der Waals surface area (Å²) < 4.78 is 17.9. The minimum atomic E-state index is -0.803. The van der Waals surface area contributed by atoms with Gasteiger partial charge in [0.1, 0.15) is 6.17 Å². The van der Waals surface area contributed by atoms with Crippen molar-refractivity contribution in [3.63, 3.8) is 0 Å². The van der Waals surface area contributed by atoms with Crippen molar-refractivity contribution in [1.82, 2.24) is 0 Å². The number of halogens is 1. The van der Waals surface area contributed by atoms with E-state index in [1.165, 1.54) is 0 Å². The first kappa shape index (κ1) is 7.99. The molecule has 0 N–H and O–H groups in total. The number of rotatable bonds is 1. The summed E-state index contributed by atoms with van der Waals surface area (Å²) in [5.41, 5.74) is 0. The van der Waals surface area contributed by atoms with E-state index in [-0.39, 0.29) is 6.10 Å². The molecule has 1 fully saturated rings. The van der Waals surface area contributed by atoms with Crippen molar-refractivity contribution < 1.29 is 9.13 Å². The lowest BCUT2D eigenvalue weighted by atomic mass is 9.96. The largest absolute Gasteiger partial charge is 0.375 e. The second kappa shape index (κ2) is 3.33. The Labute approximate surface area is 61.6 Å². The monoisotopic (exact) mass is 146 g/mol. The number of alkyl halides is 1. The molecule has 0 aliphatic carbocycles. The van der Waals surface area contributed by atoms with Crippen LogP contribution in [0.1, 0.15) is 26.7 Å². The molecule has 0 amide bonds. The van der Waals surface area contributed by atoms with Gasteiger partial charge in [0.15, 0.2) is 0 Å². The zero-order valence-corrected chi connectivity index (χ0v) is 6.64. The first-order valence-corrected chi connectivity index (χ1v) is 3.96. The maximum absolute atomic E-state index is 12.6. The van der Waals surface area contributed by atoms with E-state index in [0.717, 1.165) is 19.4 Å². The Morgan fingerprint density at radius 2 is 2.30 bits per heavy atom. The molecule has 0 aromatic carbocycles. The average molecular weight is 146 g/mol. The van der Waals surface area contributed by atoms with E-state index in [4.69, 9.17) is 4.74 Å². The molecule has 0 aromatic heterocycles. The third-order valence-corrected chi connectivity index (χ3v) is 2.09. The van der Waals surface area contributed by atoms with Gasteiger partial charge in [-0.3, -0.25) is 0 Å². The lowest BCUT2D eigenvalue weighted by Gasteiger charge is -2.27. The standard InChI is InChI=1S/C8H15FO/c1-6-3-4-10-8(5-6)7(2)9/h6-8H,3-5H2,1-2H3. The second-order valence-corrected chi connectivity index (χ2v) is 3.22. The molecule has 10 heavy (non-hydrogen) atoms. The molecule has 1 saturated heterocycles. The van der Waals surface area contributed by atoms with Gasteiger partial charge in [-0.25, -0.2) is 4.39 Å². The molecule has 0 radical (unpaired) electrons. The fraction of sp³-hybridized carbons (Fsp3) is 1.00. The molecule has 2 heteroatoms. The summed E-state index contributed by atoms with van der Waals surface area (Å²) in [6.07, 6.45) is 1.03. The van der Waals surface area contributed by atoms with Crippen LogP contribution in [-0.4, -0.2) is 18.9 Å². The van der Waals surface area contributed by atoms with E-state index >= 15 is 0 Å². The average Bonchev–Trinajstić information content (AvgIpc) is 1.88. The van der Waals surface area contributed by atoms with E-state index in [1.54, 1.807) is 6.92 Å². The quantitative estimate of drug-likeness (QED) is 0.550. The lowest BCUT2D eigenvalue weighted by molar-refractivity contribution is -0.0435. The lowest BCUT2D eigenvalue weighted by Crippen LogP contribution is -2.30. The third kappa shape index (κ3) is 1.94. The fourth-order valence-electron chi connectivity index (χ4n) is 1.32. The van der Waals surface area contributed by atoms with Crippen LogP contribution >= 0.6 is 0 Å². The summed E-state index contributed by atoms with van der Waals surface area (Å²) >= 11 is 0. The van der Waals surface area contributed by atoms with Gasteiger partial charge in [0.25, 0.3) is 0 Å². The maximum Gasteiger partial charge on any atom is 0.123 e. The summed E-state index contributed by atoms with van der Waals surface area (Å²) in [5, 5.41) is 0. The van der Waals surface area contributed by atoms with E-state index < -0.39 is 6.17 Å². The van der Waals surface area contributed by atoms with Crippen molar-refractivity contribution in [2.24, 2.45) is 5.92 Å². The van der Waals surface area contributed by atoms with Crippen LogP contribution in [0.25, 0.3) is 0 Å². The Hall–Kier alpha value is -0.110. The van der Waals surface area contributed by atoms with Gasteiger partial charge in [-0.15, -0.1) is 0 Å². The molecule has 1 heterocycles. The van der Waals surface area contributed by atoms with Gasteiger partial charge in [0, 0.05) is 6.61 Å². The molecule has 0 spiro atoms. The number of ether oxygens (including phenoxy) is 1. The van der Waals surface area contributed by atoms with Crippen LogP contribution in [0.15, 0.2) is 0 Å². The molecule has 1 aliphatic rings. The summed E-state index contributed by atoms with van der Waals surface area (Å²) in [5.74, 6) is 0.636. The second-order valence-electron chi connectivity index (χ2n) is 3.22. The normalized spacial score (nSPS) is 37.5. The van der Waals surface area contributed by atoms with Crippen molar-refractivity contribution >= 4 is 0 Å². The van der Waals surface area contributed by atoms with E-state index in [2.05, 4.69) is 6.92 Å². The van der Waals surface area contributed by atoms with Crippen molar-refractivity contribution in [3.05, 3.63) is 0 Å². The zero-order chi connectivity index (χ0) is 7.56. The molecule has 0 aromatic rings. The molecule has 0 bridgehead atoms. The Morgan fingerprint density at radius 3 is 2.70 bits per heavy atom. The highest BCUT2D eigenvalue weighted by atomic mass is 19.1. The predicted molar refractivity (Wildman–Crippen MR) is 38.7 cm³/mol. The minimum absolute atomic E-state index is 0.135. The molecule has 1 nitrogen and oxygen atoms in total. The van der Waals surface area contributed by atoms with Crippen LogP contribution in [0.5, 0.6) is 0 Å². The van der Waals surface area contributed by atoms with Crippen molar-refractivity contribution in [2.75, 3.05) is 6.61 Å². The van der Waals surface area contributed by atoms with Gasteiger partial charge in [0.05, 0.1) is 6.10 Å². The van der Waals surface area contributed by atoms with Gasteiger partial charge >= 0.3 is 0 Å². The topological polar surface area (TPSA) is 9.23 Å². The highest BCUT2D eigenvalue weighted by Crippen LogP contribution is 2.22. The third-order valence-electron chi connectivity index (χ3n) is 2.09. The molecular formula is C8H15FO. The molecule has 1 rings (SSSR count). The van der Waals surface area contributed by atoms with Crippen LogP contribution in [0.2, 0.25) is 0 Å². The van der Waals surface area contributed by atoms with Crippen LogP contribution in [0, 0.1) is 5.92 Å². The van der Waals surface area contributed by atoms with Crippen molar-refractivity contribution in [2.45, 2.75) is 39.0 Å². The Balaban J connectivity index is 2.32. The van der Waals surface area contributed by atoms with Gasteiger partial charge in [-0.1, -0.05) is 6.92 Å². The predicted octanol–water partition coefficient (Wildman–Crippen LogP) is 2.16. The fourth-order valence-corrected chi connectivity index (χ4v) is 1.32. The number of hydrogen-bond acceptors (Lipinski definition) is 1. The molecule has 3 unspecified atom stereocenters. The Morgan fingerprint density at radius 1 is 1.60 bits per heavy atom. The van der Waals surface area contributed by atoms with Crippen LogP contribution in [-0.2, 0) is 4.74 Å². The molecule has 1 aliphatic heterocycles. The summed E-state index contributed by atoms with van der Waals surface area (Å²) in [6, 6.07) is 0. The summed E-state index contributed by atoms with van der Waals surface area (Å²) in [7, 11) is 0. The first-order chi connectivity index (χ1) is 4.70. The SMILES string of the molecule is CC1CCOC(C(C)F)C1. The van der Waals surface area contributed by atoms with Crippen molar-refractivity contribution in [1.29, 1.82) is 0 Å². The first-order valence-electron chi connectivity index (χ1n) is 3.96. The highest BCUT2D eigenvalue weighted by molar-refractivity contribution is 4.72. The smallest absolute Gasteiger partial charge is 0.123 e. The van der Waals surface area contributed by atoms with Crippen molar-refractivity contribution in [3.8, 4) is 0 Å². The van der Waals surface area contributed by atoms with E-state index in [0.29, 0.717) is 5.92 Å². The van der Waals surface area contributed by atoms with Crippen LogP contribution < -0.4 is 0 Å². The van der Waals surface area contributed by atoms with Gasteiger partial charge in [-0.05, 0) is 25.7 Å². The molecule has 3 atom stereocenters. The molecule has 0 saturated carbocycles. The van der Waals surface area contributed by atoms with E-state index in [9.17, 15) is 4.39 Å². The van der Waals surface area contributed by atoms with Gasteiger partial charge < -0.3 is 4.74 Å². The van der Waals surface area contributed by atoms with Gasteiger partial charge in [-0.2, -0.15) is 0 Å². The Bertz CT molecular complexity index is 103. The summed E-state index contributed by atoms with van der Waals surface area (Å²) in [4.78, 5) is 0. The molecule has 60 valence electrons. The summed E-state index contributed by atoms with van der Waals surface area (Å²) in [6.45, 7) is 4.46. The maximum atomic E-state index is 12.6. The highest BCUT2D eigenvalue weighted by Gasteiger charge is 2.23.